The predicted octanol–water partition coefficient (Wildman–Crippen LogP) is 4.83. The number of methoxy groups -OCH3 is 3. The summed E-state index contributed by atoms with van der Waals surface area (Å²) in [6, 6.07) is 18.7. The summed E-state index contributed by atoms with van der Waals surface area (Å²) in [6.07, 6.45) is 3.05. The van der Waals surface area contributed by atoms with Crippen LogP contribution in [-0.2, 0) is 0 Å². The fourth-order valence-corrected chi connectivity index (χ4v) is 2.95. The molecule has 0 amide bonds. The van der Waals surface area contributed by atoms with Gasteiger partial charge in [-0.15, -0.1) is 0 Å². The van der Waals surface area contributed by atoms with Crippen molar-refractivity contribution in [3.05, 3.63) is 89.5 Å². The van der Waals surface area contributed by atoms with Gasteiger partial charge in [-0.1, -0.05) is 30.3 Å². The van der Waals surface area contributed by atoms with Crippen molar-refractivity contribution >= 4 is 17.8 Å². The second-order valence-electron chi connectivity index (χ2n) is 6.39. The number of hydrogen-bond acceptors (Lipinski definition) is 6. The first kappa shape index (κ1) is 21.6. The highest BCUT2D eigenvalue weighted by Gasteiger charge is 2.19. The van der Waals surface area contributed by atoms with Gasteiger partial charge in [0, 0.05) is 11.6 Å². The Morgan fingerprint density at radius 1 is 0.710 bits per heavy atom. The van der Waals surface area contributed by atoms with Gasteiger partial charge >= 0.3 is 5.97 Å². The molecule has 0 unspecified atom stereocenters. The molecular formula is C25H22O6. The second kappa shape index (κ2) is 10.1. The average molecular weight is 418 g/mol. The maximum absolute atomic E-state index is 12.9. The van der Waals surface area contributed by atoms with E-state index in [1.165, 1.54) is 26.4 Å². The van der Waals surface area contributed by atoms with E-state index in [2.05, 4.69) is 0 Å². The molecular weight excluding hydrogens is 396 g/mol. The van der Waals surface area contributed by atoms with Crippen molar-refractivity contribution < 1.29 is 28.5 Å². The molecule has 0 aliphatic rings. The molecule has 0 aliphatic carbocycles. The highest BCUT2D eigenvalue weighted by Crippen LogP contribution is 2.28. The number of hydrogen-bond donors (Lipinski definition) is 0. The Bertz CT molecular complexity index is 1120. The van der Waals surface area contributed by atoms with Gasteiger partial charge in [-0.3, -0.25) is 4.79 Å². The highest BCUT2D eigenvalue weighted by atomic mass is 16.5. The van der Waals surface area contributed by atoms with Gasteiger partial charge < -0.3 is 18.9 Å². The monoisotopic (exact) mass is 418 g/mol. The molecule has 6 nitrogen and oxygen atoms in total. The van der Waals surface area contributed by atoms with Crippen molar-refractivity contribution in [2.45, 2.75) is 0 Å². The molecule has 0 saturated heterocycles. The molecule has 3 rings (SSSR count). The van der Waals surface area contributed by atoms with Crippen molar-refractivity contribution in [2.75, 3.05) is 21.3 Å². The van der Waals surface area contributed by atoms with Crippen LogP contribution >= 0.6 is 0 Å². The van der Waals surface area contributed by atoms with E-state index in [4.69, 9.17) is 18.9 Å². The van der Waals surface area contributed by atoms with Crippen LogP contribution in [0.2, 0.25) is 0 Å². The zero-order chi connectivity index (χ0) is 22.2. The molecule has 6 heteroatoms. The van der Waals surface area contributed by atoms with Crippen LogP contribution in [0.3, 0.4) is 0 Å². The fourth-order valence-electron chi connectivity index (χ4n) is 2.95. The lowest BCUT2D eigenvalue weighted by Crippen LogP contribution is -2.12. The zero-order valence-electron chi connectivity index (χ0n) is 17.5. The molecule has 0 N–H and O–H groups in total. The Kier molecular flexibility index (Phi) is 7.06. The average Bonchev–Trinajstić information content (AvgIpc) is 2.82. The largest absolute Gasteiger partial charge is 0.497 e. The Morgan fingerprint density at radius 3 is 2.10 bits per heavy atom. The summed E-state index contributed by atoms with van der Waals surface area (Å²) in [5.41, 5.74) is 1.21. The summed E-state index contributed by atoms with van der Waals surface area (Å²) in [5, 5.41) is 0. The zero-order valence-corrected chi connectivity index (χ0v) is 17.5. The Morgan fingerprint density at radius 2 is 1.39 bits per heavy atom. The number of esters is 1. The standard InChI is InChI=1S/C25H22O6/c1-28-18-13-14-19(21(26)15-12-17-8-4-6-10-22(17)29-2)24(16-18)31-25(27)20-9-5-7-11-23(20)30-3/h4-16H,1-3H3. The summed E-state index contributed by atoms with van der Waals surface area (Å²) in [7, 11) is 4.52. The third-order valence-electron chi connectivity index (χ3n) is 4.54. The molecule has 0 spiro atoms. The molecule has 3 aromatic carbocycles. The van der Waals surface area contributed by atoms with Gasteiger partial charge in [0.05, 0.1) is 26.9 Å². The van der Waals surface area contributed by atoms with Crippen LogP contribution in [0.25, 0.3) is 6.08 Å². The second-order valence-corrected chi connectivity index (χ2v) is 6.39. The van der Waals surface area contributed by atoms with E-state index >= 15 is 0 Å². The maximum Gasteiger partial charge on any atom is 0.347 e. The quantitative estimate of drug-likeness (QED) is 0.226. The van der Waals surface area contributed by atoms with Crippen molar-refractivity contribution in [1.82, 2.24) is 0 Å². The highest BCUT2D eigenvalue weighted by molar-refractivity contribution is 6.09. The number of carbonyl (C=O) groups is 2. The summed E-state index contributed by atoms with van der Waals surface area (Å²) >= 11 is 0. The van der Waals surface area contributed by atoms with Gasteiger partial charge in [-0.25, -0.2) is 4.79 Å². The molecule has 158 valence electrons. The third-order valence-corrected chi connectivity index (χ3v) is 4.54. The van der Waals surface area contributed by atoms with E-state index in [1.807, 2.05) is 18.2 Å². The Labute approximate surface area is 180 Å². The van der Waals surface area contributed by atoms with Gasteiger partial charge in [0.2, 0.25) is 0 Å². The fraction of sp³-hybridized carbons (Fsp3) is 0.120. The van der Waals surface area contributed by atoms with Crippen LogP contribution in [-0.4, -0.2) is 33.1 Å². The number of ketones is 1. The van der Waals surface area contributed by atoms with Crippen LogP contribution in [0.4, 0.5) is 0 Å². The van der Waals surface area contributed by atoms with Gasteiger partial charge in [-0.05, 0) is 42.5 Å². The van der Waals surface area contributed by atoms with Gasteiger partial charge in [0.1, 0.15) is 28.6 Å². The SMILES string of the molecule is COc1ccc(C(=O)C=Cc2ccccc2OC)c(OC(=O)c2ccccc2OC)c1. The molecule has 3 aromatic rings. The van der Waals surface area contributed by atoms with Crippen LogP contribution in [0.1, 0.15) is 26.3 Å². The van der Waals surface area contributed by atoms with Crippen LogP contribution in [0.5, 0.6) is 23.0 Å². The van der Waals surface area contributed by atoms with E-state index in [-0.39, 0.29) is 22.7 Å². The molecule has 0 atom stereocenters. The van der Waals surface area contributed by atoms with Crippen molar-refractivity contribution in [3.8, 4) is 23.0 Å². The van der Waals surface area contributed by atoms with Gasteiger partial charge in [-0.2, -0.15) is 0 Å². The van der Waals surface area contributed by atoms with Crippen molar-refractivity contribution in [1.29, 1.82) is 0 Å². The number of rotatable bonds is 8. The number of para-hydroxylation sites is 2. The van der Waals surface area contributed by atoms with Gasteiger partial charge in [0.25, 0.3) is 0 Å². The lowest BCUT2D eigenvalue weighted by atomic mass is 10.1. The van der Waals surface area contributed by atoms with E-state index < -0.39 is 5.97 Å². The summed E-state index contributed by atoms with van der Waals surface area (Å²) in [4.78, 5) is 25.6. The number of carbonyl (C=O) groups excluding carboxylic acids is 2. The Balaban J connectivity index is 1.91. The normalized spacial score (nSPS) is 10.5. The number of allylic oxidation sites excluding steroid dienone is 1. The molecule has 0 heterocycles. The molecule has 0 bridgehead atoms. The van der Waals surface area contributed by atoms with Crippen molar-refractivity contribution in [2.24, 2.45) is 0 Å². The molecule has 0 fully saturated rings. The molecule has 0 aliphatic heterocycles. The first-order valence-electron chi connectivity index (χ1n) is 9.46. The van der Waals surface area contributed by atoms with Crippen LogP contribution in [0, 0.1) is 0 Å². The lowest BCUT2D eigenvalue weighted by Gasteiger charge is -2.12. The molecule has 31 heavy (non-hydrogen) atoms. The molecule has 0 aromatic heterocycles. The van der Waals surface area contributed by atoms with E-state index in [1.54, 1.807) is 55.7 Å². The predicted molar refractivity (Wildman–Crippen MR) is 117 cm³/mol. The van der Waals surface area contributed by atoms with Crippen LogP contribution < -0.4 is 18.9 Å². The van der Waals surface area contributed by atoms with E-state index in [0.717, 1.165) is 5.56 Å². The Hall–Kier alpha value is -4.06. The maximum atomic E-state index is 12.9. The smallest absolute Gasteiger partial charge is 0.347 e. The first-order valence-corrected chi connectivity index (χ1v) is 9.46. The minimum atomic E-state index is -0.645. The number of benzene rings is 3. The molecule has 0 radical (unpaired) electrons. The topological polar surface area (TPSA) is 71.1 Å². The minimum absolute atomic E-state index is 0.0879. The summed E-state index contributed by atoms with van der Waals surface area (Å²) < 4.78 is 21.3. The van der Waals surface area contributed by atoms with Crippen molar-refractivity contribution in [3.63, 3.8) is 0 Å². The van der Waals surface area contributed by atoms with E-state index in [0.29, 0.717) is 17.2 Å². The minimum Gasteiger partial charge on any atom is -0.497 e. The summed E-state index contributed by atoms with van der Waals surface area (Å²) in [5.74, 6) is 0.575. The molecule has 0 saturated carbocycles. The summed E-state index contributed by atoms with van der Waals surface area (Å²) in [6.45, 7) is 0. The first-order chi connectivity index (χ1) is 15.1. The lowest BCUT2D eigenvalue weighted by molar-refractivity contribution is 0.0729. The van der Waals surface area contributed by atoms with Crippen LogP contribution in [0.15, 0.2) is 72.8 Å². The van der Waals surface area contributed by atoms with Gasteiger partial charge in [0.15, 0.2) is 5.78 Å². The van der Waals surface area contributed by atoms with E-state index in [9.17, 15) is 9.59 Å². The third kappa shape index (κ3) is 5.11. The number of ether oxygens (including phenoxy) is 4.